The maximum absolute atomic E-state index is 12.8. The zero-order valence-electron chi connectivity index (χ0n) is 15.5. The van der Waals surface area contributed by atoms with Crippen LogP contribution in [0.3, 0.4) is 0 Å². The van der Waals surface area contributed by atoms with E-state index in [1.54, 1.807) is 0 Å². The van der Waals surface area contributed by atoms with Gasteiger partial charge in [0, 0.05) is 12.0 Å². The van der Waals surface area contributed by atoms with E-state index in [1.165, 1.54) is 22.3 Å². The first kappa shape index (κ1) is 18.4. The monoisotopic (exact) mass is 324 g/mol. The number of hydrogen-bond donors (Lipinski definition) is 0. The Hall–Kier alpha value is -1.93. The van der Waals surface area contributed by atoms with E-state index in [4.69, 9.17) is 0 Å². The van der Waals surface area contributed by atoms with Gasteiger partial charge in [-0.3, -0.25) is 4.79 Å². The number of likely N-dealkylation sites (N-methyl/N-ethyl adjacent to an activating group) is 1. The summed E-state index contributed by atoms with van der Waals surface area (Å²) in [6, 6.07) is 16.8. The molecule has 24 heavy (non-hydrogen) atoms. The van der Waals surface area contributed by atoms with Crippen molar-refractivity contribution in [3.8, 4) is 0 Å². The van der Waals surface area contributed by atoms with Gasteiger partial charge in [0.25, 0.3) is 0 Å². The molecule has 0 fully saturated rings. The summed E-state index contributed by atoms with van der Waals surface area (Å²) in [7, 11) is 0. The molecule has 0 atom stereocenters. The number of aryl methyl sites for hydroxylation is 2. The van der Waals surface area contributed by atoms with Gasteiger partial charge in [-0.05, 0) is 44.4 Å². The third kappa shape index (κ3) is 4.55. The lowest BCUT2D eigenvalue weighted by atomic mass is 9.97. The lowest BCUT2D eigenvalue weighted by molar-refractivity contribution is -0.930. The van der Waals surface area contributed by atoms with Gasteiger partial charge in [0.1, 0.15) is 13.1 Å². The molecule has 0 aliphatic carbocycles. The van der Waals surface area contributed by atoms with Crippen LogP contribution in [-0.4, -0.2) is 29.9 Å². The molecule has 128 valence electrons. The molecule has 0 saturated heterocycles. The number of carbonyl (C=O) groups is 1. The molecule has 0 aliphatic rings. The molecule has 2 heteroatoms. The minimum absolute atomic E-state index is 0.340. The van der Waals surface area contributed by atoms with Gasteiger partial charge in [-0.2, -0.15) is 0 Å². The molecule has 0 aliphatic heterocycles. The second-order valence-electron chi connectivity index (χ2n) is 6.86. The standard InChI is InChI=1S/C22H30NO/c1-5-23(6-2,16-20-13-8-7-9-14-20)17-21(24)15-22-18(3)11-10-12-19(22)4/h7-14H,5-6,15-17H2,1-4H3/q+1. The van der Waals surface area contributed by atoms with Gasteiger partial charge in [-0.25, -0.2) is 0 Å². The molecule has 0 aromatic heterocycles. The molecule has 0 spiro atoms. The lowest BCUT2D eigenvalue weighted by Gasteiger charge is -2.36. The Morgan fingerprint density at radius 1 is 0.875 bits per heavy atom. The van der Waals surface area contributed by atoms with Crippen LogP contribution >= 0.6 is 0 Å². The van der Waals surface area contributed by atoms with E-state index >= 15 is 0 Å². The first-order valence-electron chi connectivity index (χ1n) is 8.95. The minimum atomic E-state index is 0.340. The highest BCUT2D eigenvalue weighted by Gasteiger charge is 2.27. The third-order valence-corrected chi connectivity index (χ3v) is 5.23. The average molecular weight is 324 g/mol. The van der Waals surface area contributed by atoms with Crippen molar-refractivity contribution >= 4 is 5.78 Å². The molecular formula is C22H30NO+. The van der Waals surface area contributed by atoms with Crippen LogP contribution in [0.2, 0.25) is 0 Å². The quantitative estimate of drug-likeness (QED) is 0.655. The number of benzene rings is 2. The van der Waals surface area contributed by atoms with E-state index < -0.39 is 0 Å². The van der Waals surface area contributed by atoms with Crippen LogP contribution in [-0.2, 0) is 17.8 Å². The predicted molar refractivity (Wildman–Crippen MR) is 101 cm³/mol. The van der Waals surface area contributed by atoms with Gasteiger partial charge in [0.15, 0.2) is 5.78 Å². The Morgan fingerprint density at radius 2 is 1.46 bits per heavy atom. The lowest BCUT2D eigenvalue weighted by Crippen LogP contribution is -2.50. The van der Waals surface area contributed by atoms with E-state index in [2.05, 4.69) is 70.2 Å². The van der Waals surface area contributed by atoms with E-state index in [9.17, 15) is 4.79 Å². The maximum Gasteiger partial charge on any atom is 0.191 e. The molecule has 0 saturated carbocycles. The predicted octanol–water partition coefficient (Wildman–Crippen LogP) is 4.47. The van der Waals surface area contributed by atoms with Crippen molar-refractivity contribution in [2.24, 2.45) is 0 Å². The Balaban J connectivity index is 2.13. The van der Waals surface area contributed by atoms with Gasteiger partial charge in [0.05, 0.1) is 13.1 Å². The SMILES string of the molecule is CC[N+](CC)(CC(=O)Cc1c(C)cccc1C)Cc1ccccc1. The average Bonchev–Trinajstić information content (AvgIpc) is 2.58. The topological polar surface area (TPSA) is 17.1 Å². The molecule has 0 N–H and O–H groups in total. The molecule has 2 rings (SSSR count). The molecule has 0 bridgehead atoms. The van der Waals surface area contributed by atoms with Crippen molar-refractivity contribution in [1.29, 1.82) is 0 Å². The number of ketones is 1. The largest absolute Gasteiger partial charge is 0.314 e. The molecule has 0 amide bonds. The normalized spacial score (nSPS) is 11.5. The summed E-state index contributed by atoms with van der Waals surface area (Å²) >= 11 is 0. The van der Waals surface area contributed by atoms with Crippen molar-refractivity contribution in [2.75, 3.05) is 19.6 Å². The van der Waals surface area contributed by atoms with Gasteiger partial charge >= 0.3 is 0 Å². The van der Waals surface area contributed by atoms with E-state index in [0.29, 0.717) is 18.7 Å². The number of carbonyl (C=O) groups excluding carboxylic acids is 1. The summed E-state index contributed by atoms with van der Waals surface area (Å²) in [5.74, 6) is 0.340. The van der Waals surface area contributed by atoms with Gasteiger partial charge in [0.2, 0.25) is 0 Å². The van der Waals surface area contributed by atoms with Crippen LogP contribution in [0.5, 0.6) is 0 Å². The Kier molecular flexibility index (Phi) is 6.33. The number of nitrogens with zero attached hydrogens (tertiary/aromatic N) is 1. The van der Waals surface area contributed by atoms with Crippen LogP contribution in [0.25, 0.3) is 0 Å². The van der Waals surface area contributed by atoms with Gasteiger partial charge < -0.3 is 4.48 Å². The zero-order chi connectivity index (χ0) is 17.6. The first-order valence-corrected chi connectivity index (χ1v) is 8.95. The fourth-order valence-corrected chi connectivity index (χ4v) is 3.45. The molecule has 2 nitrogen and oxygen atoms in total. The van der Waals surface area contributed by atoms with Crippen LogP contribution < -0.4 is 0 Å². The van der Waals surface area contributed by atoms with E-state index in [-0.39, 0.29) is 0 Å². The maximum atomic E-state index is 12.8. The summed E-state index contributed by atoms with van der Waals surface area (Å²) in [6.45, 7) is 12.1. The minimum Gasteiger partial charge on any atom is -0.314 e. The second kappa shape index (κ2) is 8.25. The second-order valence-corrected chi connectivity index (χ2v) is 6.86. The van der Waals surface area contributed by atoms with Crippen LogP contribution in [0.4, 0.5) is 0 Å². The number of quaternary nitrogens is 1. The summed E-state index contributed by atoms with van der Waals surface area (Å²) in [6.07, 6.45) is 0.549. The molecule has 0 heterocycles. The summed E-state index contributed by atoms with van der Waals surface area (Å²) in [4.78, 5) is 12.8. The van der Waals surface area contributed by atoms with Crippen molar-refractivity contribution in [3.05, 3.63) is 70.8 Å². The van der Waals surface area contributed by atoms with Crippen molar-refractivity contribution in [3.63, 3.8) is 0 Å². The van der Waals surface area contributed by atoms with E-state index in [1.807, 2.05) is 6.07 Å². The van der Waals surface area contributed by atoms with Crippen LogP contribution in [0, 0.1) is 13.8 Å². The van der Waals surface area contributed by atoms with Gasteiger partial charge in [-0.1, -0.05) is 48.5 Å². The summed E-state index contributed by atoms with van der Waals surface area (Å²) in [5.41, 5.74) is 4.95. The summed E-state index contributed by atoms with van der Waals surface area (Å²) in [5, 5.41) is 0. The van der Waals surface area contributed by atoms with Crippen molar-refractivity contribution < 1.29 is 9.28 Å². The van der Waals surface area contributed by atoms with Crippen LogP contribution in [0.1, 0.15) is 36.1 Å². The number of Topliss-reactive ketones (excluding diaryl/α,β-unsaturated/α-hetero) is 1. The molecule has 0 radical (unpaired) electrons. The fraction of sp³-hybridized carbons (Fsp3) is 0.409. The molecular weight excluding hydrogens is 294 g/mol. The number of hydrogen-bond acceptors (Lipinski definition) is 1. The third-order valence-electron chi connectivity index (χ3n) is 5.23. The van der Waals surface area contributed by atoms with Gasteiger partial charge in [-0.15, -0.1) is 0 Å². The van der Waals surface area contributed by atoms with Crippen molar-refractivity contribution in [1.82, 2.24) is 0 Å². The van der Waals surface area contributed by atoms with Crippen molar-refractivity contribution in [2.45, 2.75) is 40.7 Å². The Bertz CT molecular complexity index is 651. The smallest absolute Gasteiger partial charge is 0.191 e. The molecule has 2 aromatic rings. The zero-order valence-corrected chi connectivity index (χ0v) is 15.5. The Morgan fingerprint density at radius 3 is 2.00 bits per heavy atom. The Labute approximate surface area is 146 Å². The highest BCUT2D eigenvalue weighted by Crippen LogP contribution is 2.18. The van der Waals surface area contributed by atoms with Crippen LogP contribution in [0.15, 0.2) is 48.5 Å². The van der Waals surface area contributed by atoms with E-state index in [0.717, 1.165) is 24.1 Å². The fourth-order valence-electron chi connectivity index (χ4n) is 3.45. The molecule has 2 aromatic carbocycles. The first-order chi connectivity index (χ1) is 11.5. The molecule has 0 unspecified atom stereocenters. The highest BCUT2D eigenvalue weighted by atomic mass is 16.1. The number of rotatable bonds is 8. The summed E-state index contributed by atoms with van der Waals surface area (Å²) < 4.78 is 0.827. The highest BCUT2D eigenvalue weighted by molar-refractivity contribution is 5.82.